The summed E-state index contributed by atoms with van der Waals surface area (Å²) in [4.78, 5) is 20.1. The zero-order valence-corrected chi connectivity index (χ0v) is 16.4. The first-order valence-electron chi connectivity index (χ1n) is 9.80. The van der Waals surface area contributed by atoms with Gasteiger partial charge in [-0.2, -0.15) is 0 Å². The number of carbonyl (C=O) groups excluding carboxylic acids is 1. The number of rotatable bonds is 3. The minimum Gasteiger partial charge on any atom is -0.463 e. The van der Waals surface area contributed by atoms with Gasteiger partial charge in [-0.3, -0.25) is 4.79 Å². The van der Waals surface area contributed by atoms with Crippen molar-refractivity contribution in [3.05, 3.63) is 71.1 Å². The highest BCUT2D eigenvalue weighted by molar-refractivity contribution is 6.07. The highest BCUT2D eigenvalue weighted by atomic mass is 16.5. The van der Waals surface area contributed by atoms with Gasteiger partial charge in [0.25, 0.3) is 11.6 Å². The van der Waals surface area contributed by atoms with E-state index in [2.05, 4.69) is 41.3 Å². The second-order valence-electron chi connectivity index (χ2n) is 7.55. The van der Waals surface area contributed by atoms with E-state index in [0.29, 0.717) is 33.8 Å². The number of nitrogens with zero attached hydrogens (tertiary/aromatic N) is 3. The van der Waals surface area contributed by atoms with Gasteiger partial charge >= 0.3 is 0 Å². The van der Waals surface area contributed by atoms with E-state index in [9.17, 15) is 4.79 Å². The number of amides is 1. The third-order valence-corrected chi connectivity index (χ3v) is 5.60. The lowest BCUT2D eigenvalue weighted by molar-refractivity contribution is 0.0737. The van der Waals surface area contributed by atoms with E-state index in [4.69, 9.17) is 8.94 Å². The van der Waals surface area contributed by atoms with Crippen molar-refractivity contribution in [1.82, 2.24) is 15.0 Å². The number of likely N-dealkylation sites (tertiary alicyclic amines) is 1. The van der Waals surface area contributed by atoms with Crippen LogP contribution in [0.4, 0.5) is 0 Å². The van der Waals surface area contributed by atoms with Gasteiger partial charge in [-0.25, -0.2) is 4.98 Å². The molecule has 0 radical (unpaired) electrons. The third kappa shape index (κ3) is 3.01. The molecule has 0 saturated carbocycles. The molecule has 4 aromatic rings. The van der Waals surface area contributed by atoms with Crippen molar-refractivity contribution in [2.24, 2.45) is 0 Å². The van der Waals surface area contributed by atoms with Gasteiger partial charge in [0, 0.05) is 6.54 Å². The number of benzene rings is 1. The first kappa shape index (κ1) is 17.7. The molecule has 3 aromatic heterocycles. The Bertz CT molecular complexity index is 1180. The molecule has 4 heterocycles. The molecular weight excluding hydrogens is 366 g/mol. The maximum atomic E-state index is 13.7. The van der Waals surface area contributed by atoms with Crippen LogP contribution in [-0.4, -0.2) is 27.5 Å². The van der Waals surface area contributed by atoms with Crippen molar-refractivity contribution in [3.8, 4) is 11.5 Å². The lowest BCUT2D eigenvalue weighted by Crippen LogP contribution is -2.30. The number of aromatic nitrogens is 2. The van der Waals surface area contributed by atoms with Gasteiger partial charge in [0.1, 0.15) is 5.69 Å². The second kappa shape index (κ2) is 6.88. The molecule has 0 spiro atoms. The monoisotopic (exact) mass is 387 g/mol. The van der Waals surface area contributed by atoms with Crippen LogP contribution in [0.3, 0.4) is 0 Å². The Balaban J connectivity index is 1.59. The first-order valence-corrected chi connectivity index (χ1v) is 9.80. The third-order valence-electron chi connectivity index (χ3n) is 5.60. The molecule has 1 aromatic carbocycles. The zero-order valence-electron chi connectivity index (χ0n) is 16.4. The molecule has 6 heteroatoms. The average molecular weight is 387 g/mol. The van der Waals surface area contributed by atoms with Crippen molar-refractivity contribution in [2.75, 3.05) is 6.54 Å². The zero-order chi connectivity index (χ0) is 20.0. The van der Waals surface area contributed by atoms with Crippen molar-refractivity contribution < 1.29 is 13.7 Å². The van der Waals surface area contributed by atoms with Gasteiger partial charge in [-0.15, -0.1) is 0 Å². The van der Waals surface area contributed by atoms with E-state index in [1.807, 2.05) is 17.9 Å². The number of hydrogen-bond donors (Lipinski definition) is 0. The molecule has 0 aliphatic carbocycles. The van der Waals surface area contributed by atoms with Crippen molar-refractivity contribution in [1.29, 1.82) is 0 Å². The number of pyridine rings is 1. The lowest BCUT2D eigenvalue weighted by Gasteiger charge is -2.25. The van der Waals surface area contributed by atoms with Crippen LogP contribution in [0, 0.1) is 13.8 Å². The summed E-state index contributed by atoms with van der Waals surface area (Å²) in [6.45, 7) is 4.62. The molecule has 29 heavy (non-hydrogen) atoms. The van der Waals surface area contributed by atoms with Crippen LogP contribution in [0.5, 0.6) is 0 Å². The van der Waals surface area contributed by atoms with E-state index in [-0.39, 0.29) is 11.9 Å². The number of carbonyl (C=O) groups is 1. The van der Waals surface area contributed by atoms with E-state index in [1.165, 1.54) is 11.1 Å². The molecular formula is C23H21N3O3. The minimum atomic E-state index is -0.0282. The fourth-order valence-corrected chi connectivity index (χ4v) is 4.11. The van der Waals surface area contributed by atoms with Gasteiger partial charge in [0.2, 0.25) is 0 Å². The molecule has 1 amide bonds. The molecule has 6 nitrogen and oxygen atoms in total. The largest absolute Gasteiger partial charge is 0.463 e. The van der Waals surface area contributed by atoms with E-state index < -0.39 is 0 Å². The summed E-state index contributed by atoms with van der Waals surface area (Å²) in [5.41, 5.74) is 4.51. The molecule has 0 N–H and O–H groups in total. The summed E-state index contributed by atoms with van der Waals surface area (Å²) in [7, 11) is 0. The summed E-state index contributed by atoms with van der Waals surface area (Å²) >= 11 is 0. The summed E-state index contributed by atoms with van der Waals surface area (Å²) in [5, 5.41) is 4.70. The number of aryl methyl sites for hydroxylation is 2. The van der Waals surface area contributed by atoms with Crippen LogP contribution in [0.25, 0.3) is 22.6 Å². The summed E-state index contributed by atoms with van der Waals surface area (Å²) < 4.78 is 10.9. The molecule has 146 valence electrons. The summed E-state index contributed by atoms with van der Waals surface area (Å²) in [6.07, 6.45) is 3.52. The smallest absolute Gasteiger partial charge is 0.259 e. The highest BCUT2D eigenvalue weighted by Crippen LogP contribution is 2.35. The van der Waals surface area contributed by atoms with Crippen LogP contribution in [0.2, 0.25) is 0 Å². The van der Waals surface area contributed by atoms with Gasteiger partial charge < -0.3 is 13.8 Å². The first-order chi connectivity index (χ1) is 14.1. The fourth-order valence-electron chi connectivity index (χ4n) is 4.11. The molecule has 0 unspecified atom stereocenters. The lowest BCUT2D eigenvalue weighted by atomic mass is 10.0. The number of fused-ring (bicyclic) bond motifs is 1. The molecule has 5 rings (SSSR count). The summed E-state index contributed by atoms with van der Waals surface area (Å²) in [6, 6.07) is 13.9. The van der Waals surface area contributed by atoms with E-state index in [1.54, 1.807) is 18.4 Å². The Morgan fingerprint density at radius 2 is 2.00 bits per heavy atom. The molecule has 1 fully saturated rings. The standard InChI is InChI=1S/C23H21N3O3/c1-14-7-9-16(10-8-14)19-5-3-11-26(19)23(27)17-13-18(20-6-4-12-28-20)24-22-21(17)15(2)25-29-22/h4,6-10,12-13,19H,3,5,11H2,1-2H3/t19-/m0/s1. The highest BCUT2D eigenvalue weighted by Gasteiger charge is 2.32. The van der Waals surface area contributed by atoms with Crippen molar-refractivity contribution >= 4 is 17.0 Å². The molecule has 1 aliphatic heterocycles. The average Bonchev–Trinajstić information content (AvgIpc) is 3.49. The summed E-state index contributed by atoms with van der Waals surface area (Å²) in [5.74, 6) is 0.561. The van der Waals surface area contributed by atoms with E-state index in [0.717, 1.165) is 19.4 Å². The van der Waals surface area contributed by atoms with Crippen LogP contribution in [0.15, 0.2) is 57.7 Å². The predicted octanol–water partition coefficient (Wildman–Crippen LogP) is 5.08. The maximum Gasteiger partial charge on any atom is 0.259 e. The second-order valence-corrected chi connectivity index (χ2v) is 7.55. The topological polar surface area (TPSA) is 72.4 Å². The molecule has 1 saturated heterocycles. The Labute approximate surface area is 168 Å². The van der Waals surface area contributed by atoms with Crippen molar-refractivity contribution in [2.45, 2.75) is 32.7 Å². The molecule has 1 atom stereocenters. The van der Waals surface area contributed by atoms with Gasteiger partial charge in [-0.1, -0.05) is 35.0 Å². The van der Waals surface area contributed by atoms with Crippen LogP contribution in [-0.2, 0) is 0 Å². The normalized spacial score (nSPS) is 16.6. The van der Waals surface area contributed by atoms with Gasteiger partial charge in [0.05, 0.1) is 28.9 Å². The number of hydrogen-bond acceptors (Lipinski definition) is 5. The predicted molar refractivity (Wildman–Crippen MR) is 108 cm³/mol. The quantitative estimate of drug-likeness (QED) is 0.490. The van der Waals surface area contributed by atoms with Crippen LogP contribution < -0.4 is 0 Å². The Morgan fingerprint density at radius 3 is 2.76 bits per heavy atom. The molecule has 1 aliphatic rings. The Morgan fingerprint density at radius 1 is 1.17 bits per heavy atom. The van der Waals surface area contributed by atoms with E-state index >= 15 is 0 Å². The SMILES string of the molecule is Cc1ccc([C@@H]2CCCN2C(=O)c2cc(-c3ccco3)nc3onc(C)c23)cc1. The fraction of sp³-hybridized carbons (Fsp3) is 0.261. The number of furan rings is 1. The van der Waals surface area contributed by atoms with Gasteiger partial charge in [0.15, 0.2) is 5.76 Å². The van der Waals surface area contributed by atoms with Gasteiger partial charge in [-0.05, 0) is 50.5 Å². The minimum absolute atomic E-state index is 0.0282. The Hall–Kier alpha value is -3.41. The maximum absolute atomic E-state index is 13.7. The van der Waals surface area contributed by atoms with Crippen LogP contribution in [0.1, 0.15) is 46.1 Å². The van der Waals surface area contributed by atoms with Crippen molar-refractivity contribution in [3.63, 3.8) is 0 Å². The Kier molecular flexibility index (Phi) is 4.19. The van der Waals surface area contributed by atoms with Crippen LogP contribution >= 0.6 is 0 Å². The molecule has 0 bridgehead atoms.